The second kappa shape index (κ2) is 7.04. The van der Waals surface area contributed by atoms with Crippen molar-refractivity contribution in [3.63, 3.8) is 0 Å². The van der Waals surface area contributed by atoms with Crippen molar-refractivity contribution in [3.05, 3.63) is 28.6 Å². The van der Waals surface area contributed by atoms with E-state index >= 15 is 0 Å². The first-order chi connectivity index (χ1) is 10.0. The largest absolute Gasteiger partial charge is 0.310 e. The molecule has 0 saturated heterocycles. The zero-order chi connectivity index (χ0) is 15.4. The van der Waals surface area contributed by atoms with Crippen molar-refractivity contribution in [1.82, 2.24) is 29.9 Å². The molecule has 0 aromatic carbocycles. The van der Waals surface area contributed by atoms with Gasteiger partial charge in [0.25, 0.3) is 0 Å². The molecule has 0 unspecified atom stereocenters. The van der Waals surface area contributed by atoms with Crippen LogP contribution in [-0.4, -0.2) is 31.1 Å². The molecule has 0 atom stereocenters. The summed E-state index contributed by atoms with van der Waals surface area (Å²) < 4.78 is 3.62. The van der Waals surface area contributed by atoms with Crippen molar-refractivity contribution in [3.8, 4) is 0 Å². The van der Waals surface area contributed by atoms with Crippen LogP contribution in [0.15, 0.2) is 6.33 Å². The van der Waals surface area contributed by atoms with Crippen molar-refractivity contribution < 1.29 is 0 Å². The molecule has 0 saturated carbocycles. The fraction of sp³-hybridized carbons (Fsp3) is 0.643. The third kappa shape index (κ3) is 4.04. The molecule has 0 bridgehead atoms. The summed E-state index contributed by atoms with van der Waals surface area (Å²) in [6, 6.07) is 0. The molecule has 0 aliphatic carbocycles. The van der Waals surface area contributed by atoms with Crippen LogP contribution in [0, 0.1) is 5.92 Å². The Bertz CT molecular complexity index is 586. The van der Waals surface area contributed by atoms with Gasteiger partial charge in [-0.2, -0.15) is 10.2 Å². The van der Waals surface area contributed by atoms with E-state index in [4.69, 9.17) is 11.6 Å². The summed E-state index contributed by atoms with van der Waals surface area (Å²) in [6.45, 7) is 8.63. The van der Waals surface area contributed by atoms with Crippen LogP contribution in [0.1, 0.15) is 38.0 Å². The maximum Gasteiger partial charge on any atom is 0.164 e. The molecule has 0 spiro atoms. The number of aromatic nitrogens is 5. The van der Waals surface area contributed by atoms with E-state index < -0.39 is 0 Å². The number of hydrogen-bond acceptors (Lipinski definition) is 4. The lowest BCUT2D eigenvalue weighted by atomic mass is 10.2. The van der Waals surface area contributed by atoms with Crippen LogP contribution < -0.4 is 5.32 Å². The van der Waals surface area contributed by atoms with Gasteiger partial charge in [-0.05, 0) is 18.9 Å². The van der Waals surface area contributed by atoms with Crippen LogP contribution in [0.25, 0.3) is 0 Å². The van der Waals surface area contributed by atoms with Gasteiger partial charge in [-0.25, -0.2) is 9.67 Å². The van der Waals surface area contributed by atoms with E-state index in [9.17, 15) is 0 Å². The summed E-state index contributed by atoms with van der Waals surface area (Å²) >= 11 is 6.35. The third-order valence-corrected chi connectivity index (χ3v) is 3.67. The van der Waals surface area contributed by atoms with Crippen molar-refractivity contribution in [2.75, 3.05) is 6.54 Å². The SMILES string of the molecule is CCc1nn(C)c(Cn2cnc(CNCC(C)C)n2)c1Cl. The summed E-state index contributed by atoms with van der Waals surface area (Å²) in [6.07, 6.45) is 2.57. The number of hydrogen-bond donors (Lipinski definition) is 1. The monoisotopic (exact) mass is 310 g/mol. The molecule has 2 aromatic heterocycles. The van der Waals surface area contributed by atoms with E-state index in [0.717, 1.165) is 35.2 Å². The second-order valence-corrected chi connectivity index (χ2v) is 5.95. The Labute approximate surface area is 130 Å². The summed E-state index contributed by atoms with van der Waals surface area (Å²) in [5.41, 5.74) is 1.88. The Kier molecular flexibility index (Phi) is 5.36. The minimum Gasteiger partial charge on any atom is -0.310 e. The second-order valence-electron chi connectivity index (χ2n) is 5.57. The zero-order valence-electron chi connectivity index (χ0n) is 13.1. The van der Waals surface area contributed by atoms with Crippen LogP contribution in [0.5, 0.6) is 0 Å². The molecule has 0 aliphatic heterocycles. The van der Waals surface area contributed by atoms with Gasteiger partial charge < -0.3 is 5.32 Å². The lowest BCUT2D eigenvalue weighted by Gasteiger charge is -2.04. The van der Waals surface area contributed by atoms with Gasteiger partial charge in [0.15, 0.2) is 5.82 Å². The minimum absolute atomic E-state index is 0.583. The Morgan fingerprint density at radius 2 is 2.10 bits per heavy atom. The van der Waals surface area contributed by atoms with Gasteiger partial charge >= 0.3 is 0 Å². The molecular weight excluding hydrogens is 288 g/mol. The molecule has 2 heterocycles. The van der Waals surface area contributed by atoms with E-state index in [1.165, 1.54) is 0 Å². The van der Waals surface area contributed by atoms with E-state index in [-0.39, 0.29) is 0 Å². The van der Waals surface area contributed by atoms with Crippen LogP contribution in [0.4, 0.5) is 0 Å². The smallest absolute Gasteiger partial charge is 0.164 e. The maximum atomic E-state index is 6.35. The Morgan fingerprint density at radius 1 is 1.33 bits per heavy atom. The Morgan fingerprint density at radius 3 is 2.71 bits per heavy atom. The third-order valence-electron chi connectivity index (χ3n) is 3.23. The highest BCUT2D eigenvalue weighted by molar-refractivity contribution is 6.31. The predicted molar refractivity (Wildman–Crippen MR) is 83.3 cm³/mol. The van der Waals surface area contributed by atoms with Crippen LogP contribution in [0.2, 0.25) is 5.02 Å². The molecule has 21 heavy (non-hydrogen) atoms. The first-order valence-corrected chi connectivity index (χ1v) is 7.68. The number of rotatable bonds is 7. The van der Waals surface area contributed by atoms with Gasteiger partial charge in [-0.15, -0.1) is 0 Å². The van der Waals surface area contributed by atoms with E-state index in [1.54, 1.807) is 11.0 Å². The van der Waals surface area contributed by atoms with Gasteiger partial charge in [0.2, 0.25) is 0 Å². The summed E-state index contributed by atoms with van der Waals surface area (Å²) in [5, 5.41) is 12.9. The molecule has 0 aliphatic rings. The van der Waals surface area contributed by atoms with Crippen LogP contribution in [-0.2, 0) is 26.6 Å². The van der Waals surface area contributed by atoms with Crippen LogP contribution >= 0.6 is 11.6 Å². The average Bonchev–Trinajstić information content (AvgIpc) is 2.98. The zero-order valence-corrected chi connectivity index (χ0v) is 13.9. The van der Waals surface area contributed by atoms with Gasteiger partial charge in [-0.3, -0.25) is 4.68 Å². The standard InChI is InChI=1S/C14H23ClN6/c1-5-11-14(15)12(20(4)18-11)8-21-9-17-13(19-21)7-16-6-10(2)3/h9-10,16H,5-8H2,1-4H3. The summed E-state index contributed by atoms with van der Waals surface area (Å²) in [5.74, 6) is 1.41. The predicted octanol–water partition coefficient (Wildman–Crippen LogP) is 2.02. The van der Waals surface area contributed by atoms with Gasteiger partial charge in [0.05, 0.1) is 29.5 Å². The molecule has 7 heteroatoms. The van der Waals surface area contributed by atoms with Gasteiger partial charge in [0.1, 0.15) is 6.33 Å². The van der Waals surface area contributed by atoms with Crippen molar-refractivity contribution in [1.29, 1.82) is 0 Å². The lowest BCUT2D eigenvalue weighted by molar-refractivity contribution is 0.538. The fourth-order valence-electron chi connectivity index (χ4n) is 2.11. The highest BCUT2D eigenvalue weighted by Crippen LogP contribution is 2.21. The molecule has 0 fully saturated rings. The van der Waals surface area contributed by atoms with Crippen molar-refractivity contribution >= 4 is 11.6 Å². The maximum absolute atomic E-state index is 6.35. The molecular formula is C14H23ClN6. The molecule has 6 nitrogen and oxygen atoms in total. The van der Waals surface area contributed by atoms with E-state index in [0.29, 0.717) is 19.0 Å². The van der Waals surface area contributed by atoms with Gasteiger partial charge in [0, 0.05) is 7.05 Å². The van der Waals surface area contributed by atoms with E-state index in [1.807, 2.05) is 18.7 Å². The quantitative estimate of drug-likeness (QED) is 0.850. The fourth-order valence-corrected chi connectivity index (χ4v) is 2.46. The number of halogens is 1. The molecule has 0 amide bonds. The molecule has 0 radical (unpaired) electrons. The molecule has 1 N–H and O–H groups in total. The van der Waals surface area contributed by atoms with E-state index in [2.05, 4.69) is 34.3 Å². The number of nitrogens with zero attached hydrogens (tertiary/aromatic N) is 5. The summed E-state index contributed by atoms with van der Waals surface area (Å²) in [4.78, 5) is 4.31. The normalized spacial score (nSPS) is 11.5. The molecule has 116 valence electrons. The Hall–Kier alpha value is -1.40. The lowest BCUT2D eigenvalue weighted by Crippen LogP contribution is -2.20. The Balaban J connectivity index is 2.01. The topological polar surface area (TPSA) is 60.6 Å². The van der Waals surface area contributed by atoms with Gasteiger partial charge in [-0.1, -0.05) is 32.4 Å². The first kappa shape index (κ1) is 16.0. The molecule has 2 aromatic rings. The highest BCUT2D eigenvalue weighted by atomic mass is 35.5. The highest BCUT2D eigenvalue weighted by Gasteiger charge is 2.14. The molecule has 2 rings (SSSR count). The average molecular weight is 311 g/mol. The minimum atomic E-state index is 0.583. The van der Waals surface area contributed by atoms with Crippen molar-refractivity contribution in [2.45, 2.75) is 40.3 Å². The number of nitrogens with one attached hydrogen (secondary N) is 1. The number of aryl methyl sites for hydroxylation is 2. The van der Waals surface area contributed by atoms with Crippen molar-refractivity contribution in [2.24, 2.45) is 13.0 Å². The van der Waals surface area contributed by atoms with Crippen LogP contribution in [0.3, 0.4) is 0 Å². The summed E-state index contributed by atoms with van der Waals surface area (Å²) in [7, 11) is 1.91. The first-order valence-electron chi connectivity index (χ1n) is 7.30.